The molecule has 0 radical (unpaired) electrons. The number of hydrogen-bond acceptors (Lipinski definition) is 5. The Morgan fingerprint density at radius 1 is 1.14 bits per heavy atom. The van der Waals surface area contributed by atoms with Gasteiger partial charge in [-0.2, -0.15) is 0 Å². The highest BCUT2D eigenvalue weighted by Gasteiger charge is 2.21. The van der Waals surface area contributed by atoms with E-state index < -0.39 is 0 Å². The number of aromatic nitrogens is 2. The second-order valence-electron chi connectivity index (χ2n) is 6.97. The maximum atomic E-state index is 12.3. The van der Waals surface area contributed by atoms with Gasteiger partial charge in [0.25, 0.3) is 0 Å². The summed E-state index contributed by atoms with van der Waals surface area (Å²) in [5, 5.41) is 4.73. The number of amides is 2. The lowest BCUT2D eigenvalue weighted by Crippen LogP contribution is -2.25. The molecule has 0 unspecified atom stereocenters. The van der Waals surface area contributed by atoms with E-state index in [4.69, 9.17) is 0 Å². The molecule has 0 spiro atoms. The smallest absolute Gasteiger partial charge is 0.230 e. The maximum Gasteiger partial charge on any atom is 0.230 e. The van der Waals surface area contributed by atoms with Gasteiger partial charge in [0.15, 0.2) is 0 Å². The van der Waals surface area contributed by atoms with E-state index in [0.29, 0.717) is 24.5 Å². The van der Waals surface area contributed by atoms with Crippen LogP contribution in [0, 0.1) is 6.92 Å². The van der Waals surface area contributed by atoms with E-state index in [2.05, 4.69) is 15.3 Å². The van der Waals surface area contributed by atoms with Gasteiger partial charge in [0, 0.05) is 30.6 Å². The molecule has 1 fully saturated rings. The van der Waals surface area contributed by atoms with Crippen LogP contribution in [-0.4, -0.2) is 34.1 Å². The normalized spacial score (nSPS) is 13.8. The zero-order chi connectivity index (χ0) is 20.2. The fourth-order valence-corrected chi connectivity index (χ4v) is 4.26. The molecule has 2 amide bonds. The summed E-state index contributed by atoms with van der Waals surface area (Å²) < 4.78 is 0. The van der Waals surface area contributed by atoms with Crippen LogP contribution < -0.4 is 10.2 Å². The summed E-state index contributed by atoms with van der Waals surface area (Å²) in [4.78, 5) is 34.9. The van der Waals surface area contributed by atoms with Gasteiger partial charge in [-0.15, -0.1) is 0 Å². The van der Waals surface area contributed by atoms with Crippen molar-refractivity contribution in [1.29, 1.82) is 0 Å². The molecule has 148 valence electrons. The summed E-state index contributed by atoms with van der Waals surface area (Å²) in [6.45, 7) is 3.09. The van der Waals surface area contributed by atoms with E-state index in [0.717, 1.165) is 40.1 Å². The Morgan fingerprint density at radius 3 is 2.69 bits per heavy atom. The molecule has 3 aromatic rings. The largest absolute Gasteiger partial charge is 0.351 e. The summed E-state index contributed by atoms with van der Waals surface area (Å²) >= 11 is 1.42. The minimum atomic E-state index is -0.0471. The van der Waals surface area contributed by atoms with Crippen LogP contribution in [0.3, 0.4) is 0 Å². The van der Waals surface area contributed by atoms with Crippen molar-refractivity contribution in [3.63, 3.8) is 0 Å². The monoisotopic (exact) mass is 406 g/mol. The van der Waals surface area contributed by atoms with Crippen LogP contribution in [0.15, 0.2) is 53.6 Å². The van der Waals surface area contributed by atoms with Crippen molar-refractivity contribution in [2.45, 2.75) is 31.3 Å². The van der Waals surface area contributed by atoms with Gasteiger partial charge in [-0.25, -0.2) is 9.97 Å². The predicted molar refractivity (Wildman–Crippen MR) is 115 cm³/mol. The second-order valence-corrected chi connectivity index (χ2v) is 7.94. The van der Waals surface area contributed by atoms with Crippen molar-refractivity contribution >= 4 is 40.2 Å². The molecule has 0 aliphatic carbocycles. The molecule has 4 rings (SSSR count). The van der Waals surface area contributed by atoms with Crippen LogP contribution >= 0.6 is 11.8 Å². The molecular weight excluding hydrogens is 384 g/mol. The van der Waals surface area contributed by atoms with Gasteiger partial charge in [0.1, 0.15) is 10.9 Å². The zero-order valence-corrected chi connectivity index (χ0v) is 17.0. The van der Waals surface area contributed by atoms with Crippen LogP contribution in [0.4, 0.5) is 5.69 Å². The molecule has 1 aliphatic heterocycles. The lowest BCUT2D eigenvalue weighted by molar-refractivity contribution is -0.119. The number of carbonyl (C=O) groups is 2. The molecule has 6 nitrogen and oxygen atoms in total. The fraction of sp³-hybridized carbons (Fsp3) is 0.273. The highest BCUT2D eigenvalue weighted by Crippen LogP contribution is 2.25. The molecule has 2 heterocycles. The van der Waals surface area contributed by atoms with Crippen molar-refractivity contribution in [2.75, 3.05) is 17.2 Å². The minimum Gasteiger partial charge on any atom is -0.351 e. The van der Waals surface area contributed by atoms with Crippen molar-refractivity contribution in [3.05, 3.63) is 59.9 Å². The number of aryl methyl sites for hydroxylation is 1. The van der Waals surface area contributed by atoms with Gasteiger partial charge >= 0.3 is 0 Å². The first-order valence-corrected chi connectivity index (χ1v) is 10.6. The van der Waals surface area contributed by atoms with Crippen molar-refractivity contribution < 1.29 is 9.59 Å². The van der Waals surface area contributed by atoms with Crippen LogP contribution in [0.25, 0.3) is 10.9 Å². The number of anilines is 1. The van der Waals surface area contributed by atoms with E-state index in [1.807, 2.05) is 60.4 Å². The third kappa shape index (κ3) is 4.56. The molecular formula is C22H22N4O2S. The van der Waals surface area contributed by atoms with E-state index in [-0.39, 0.29) is 11.8 Å². The molecule has 0 saturated carbocycles. The Balaban J connectivity index is 1.32. The molecule has 1 aliphatic rings. The number of rotatable bonds is 6. The Bertz CT molecular complexity index is 1050. The SMILES string of the molecule is Cc1nc(SCC(=O)NCc2ccc(N3CCCC3=O)cc2)c2ccccc2n1. The molecule has 2 aromatic carbocycles. The van der Waals surface area contributed by atoms with Gasteiger partial charge in [-0.05, 0) is 37.1 Å². The van der Waals surface area contributed by atoms with Gasteiger partial charge in [-0.3, -0.25) is 9.59 Å². The van der Waals surface area contributed by atoms with Crippen molar-refractivity contribution in [2.24, 2.45) is 0 Å². The zero-order valence-electron chi connectivity index (χ0n) is 16.2. The average molecular weight is 407 g/mol. The molecule has 29 heavy (non-hydrogen) atoms. The highest BCUT2D eigenvalue weighted by molar-refractivity contribution is 8.00. The number of carbonyl (C=O) groups excluding carboxylic acids is 2. The van der Waals surface area contributed by atoms with Crippen LogP contribution in [0.1, 0.15) is 24.2 Å². The average Bonchev–Trinajstić information content (AvgIpc) is 3.16. The standard InChI is InChI=1S/C22H22N4O2S/c1-15-24-19-6-3-2-5-18(19)22(25-15)29-14-20(27)23-13-16-8-10-17(11-9-16)26-12-4-7-21(26)28/h2-3,5-6,8-11H,4,7,12-14H2,1H3,(H,23,27). The first-order chi connectivity index (χ1) is 14.1. The second kappa shape index (κ2) is 8.61. The predicted octanol–water partition coefficient (Wildman–Crippen LogP) is 3.47. The summed E-state index contributed by atoms with van der Waals surface area (Å²) in [5.41, 5.74) is 2.81. The van der Waals surface area contributed by atoms with Gasteiger partial charge < -0.3 is 10.2 Å². The Morgan fingerprint density at radius 2 is 1.93 bits per heavy atom. The summed E-state index contributed by atoms with van der Waals surface area (Å²) in [6.07, 6.45) is 1.53. The minimum absolute atomic E-state index is 0.0471. The maximum absolute atomic E-state index is 12.3. The fourth-order valence-electron chi connectivity index (χ4n) is 3.37. The van der Waals surface area contributed by atoms with E-state index in [9.17, 15) is 9.59 Å². The highest BCUT2D eigenvalue weighted by atomic mass is 32.2. The Labute approximate surface area is 173 Å². The van der Waals surface area contributed by atoms with Crippen LogP contribution in [0.5, 0.6) is 0 Å². The third-order valence-electron chi connectivity index (χ3n) is 4.83. The van der Waals surface area contributed by atoms with E-state index in [1.54, 1.807) is 0 Å². The van der Waals surface area contributed by atoms with Crippen molar-refractivity contribution in [3.8, 4) is 0 Å². The third-order valence-corrected chi connectivity index (χ3v) is 5.82. The van der Waals surface area contributed by atoms with Crippen LogP contribution in [-0.2, 0) is 16.1 Å². The number of fused-ring (bicyclic) bond motifs is 1. The summed E-state index contributed by atoms with van der Waals surface area (Å²) in [7, 11) is 0. The number of nitrogens with one attached hydrogen (secondary N) is 1. The van der Waals surface area contributed by atoms with Crippen LogP contribution in [0.2, 0.25) is 0 Å². The summed E-state index contributed by atoms with van der Waals surface area (Å²) in [6, 6.07) is 15.6. The number of benzene rings is 2. The lowest BCUT2D eigenvalue weighted by Gasteiger charge is -2.16. The number of thioether (sulfide) groups is 1. The van der Waals surface area contributed by atoms with E-state index >= 15 is 0 Å². The number of hydrogen-bond donors (Lipinski definition) is 1. The number of nitrogens with zero attached hydrogens (tertiary/aromatic N) is 3. The molecule has 1 N–H and O–H groups in total. The molecule has 7 heteroatoms. The van der Waals surface area contributed by atoms with Gasteiger partial charge in [0.05, 0.1) is 11.3 Å². The first-order valence-electron chi connectivity index (χ1n) is 9.62. The lowest BCUT2D eigenvalue weighted by atomic mass is 10.2. The summed E-state index contributed by atoms with van der Waals surface area (Å²) in [5.74, 6) is 1.12. The molecule has 1 aromatic heterocycles. The van der Waals surface area contributed by atoms with Crippen molar-refractivity contribution in [1.82, 2.24) is 15.3 Å². The Kier molecular flexibility index (Phi) is 5.76. The van der Waals surface area contributed by atoms with E-state index in [1.165, 1.54) is 11.8 Å². The number of para-hydroxylation sites is 1. The first kappa shape index (κ1) is 19.4. The quantitative estimate of drug-likeness (QED) is 0.501. The Hall–Kier alpha value is -2.93. The van der Waals surface area contributed by atoms with Gasteiger partial charge in [-0.1, -0.05) is 42.1 Å². The molecule has 1 saturated heterocycles. The van der Waals surface area contributed by atoms with Gasteiger partial charge in [0.2, 0.25) is 11.8 Å². The topological polar surface area (TPSA) is 75.2 Å². The molecule has 0 bridgehead atoms. The molecule has 0 atom stereocenters.